The summed E-state index contributed by atoms with van der Waals surface area (Å²) in [5.41, 5.74) is 4.16. The Kier molecular flexibility index (Phi) is 2.21. The molecular formula is C14H23N. The molecule has 0 amide bonds. The lowest BCUT2D eigenvalue weighted by Crippen LogP contribution is -2.47. The monoisotopic (exact) mass is 205 g/mol. The molecule has 1 nitrogen and oxygen atoms in total. The molecule has 0 N–H and O–H groups in total. The standard InChI is InChI=1S/C14H23N/c1-11-9-14(2)13-6-4-3-5-12(13)7-8-15(14)10-11/h11H,3-10H2,1-2H3/t11-,14+/m1/s1. The molecule has 0 aromatic heterocycles. The summed E-state index contributed by atoms with van der Waals surface area (Å²) in [6.45, 7) is 7.61. The van der Waals surface area contributed by atoms with Crippen LogP contribution in [0.3, 0.4) is 0 Å². The van der Waals surface area contributed by atoms with Crippen LogP contribution in [0.1, 0.15) is 52.4 Å². The van der Waals surface area contributed by atoms with E-state index in [2.05, 4.69) is 18.7 Å². The van der Waals surface area contributed by atoms with Gasteiger partial charge >= 0.3 is 0 Å². The van der Waals surface area contributed by atoms with Gasteiger partial charge in [-0.2, -0.15) is 0 Å². The third kappa shape index (κ3) is 1.39. The van der Waals surface area contributed by atoms with Gasteiger partial charge in [-0.15, -0.1) is 0 Å². The summed E-state index contributed by atoms with van der Waals surface area (Å²) >= 11 is 0. The number of hydrogen-bond donors (Lipinski definition) is 0. The van der Waals surface area contributed by atoms with Crippen LogP contribution in [0.4, 0.5) is 0 Å². The van der Waals surface area contributed by atoms with E-state index in [1.54, 1.807) is 0 Å². The topological polar surface area (TPSA) is 3.24 Å². The Hall–Kier alpha value is -0.300. The summed E-state index contributed by atoms with van der Waals surface area (Å²) in [4.78, 5) is 2.77. The maximum Gasteiger partial charge on any atom is 0.0398 e. The molecule has 3 aliphatic rings. The molecule has 0 saturated carbocycles. The molecule has 0 radical (unpaired) electrons. The van der Waals surface area contributed by atoms with Crippen molar-refractivity contribution >= 4 is 0 Å². The second-order valence-electron chi connectivity index (χ2n) is 6.07. The molecule has 15 heavy (non-hydrogen) atoms. The van der Waals surface area contributed by atoms with E-state index in [1.807, 2.05) is 11.1 Å². The highest BCUT2D eigenvalue weighted by atomic mass is 15.2. The van der Waals surface area contributed by atoms with Crippen molar-refractivity contribution in [2.24, 2.45) is 5.92 Å². The van der Waals surface area contributed by atoms with Crippen molar-refractivity contribution in [1.29, 1.82) is 0 Å². The van der Waals surface area contributed by atoms with Crippen molar-refractivity contribution < 1.29 is 0 Å². The Labute approximate surface area is 93.5 Å². The quantitative estimate of drug-likeness (QED) is 0.548. The van der Waals surface area contributed by atoms with Crippen LogP contribution in [0.5, 0.6) is 0 Å². The molecule has 0 unspecified atom stereocenters. The summed E-state index contributed by atoms with van der Waals surface area (Å²) in [7, 11) is 0. The molecule has 0 aromatic carbocycles. The fourth-order valence-corrected chi connectivity index (χ4v) is 4.27. The molecule has 0 bridgehead atoms. The van der Waals surface area contributed by atoms with Crippen molar-refractivity contribution in [1.82, 2.24) is 4.90 Å². The molecule has 2 heterocycles. The molecule has 1 aliphatic carbocycles. The molecule has 0 aromatic rings. The first kappa shape index (κ1) is 9.89. The average molecular weight is 205 g/mol. The maximum absolute atomic E-state index is 2.77. The van der Waals surface area contributed by atoms with Crippen molar-refractivity contribution in [3.63, 3.8) is 0 Å². The van der Waals surface area contributed by atoms with E-state index in [0.717, 1.165) is 5.92 Å². The van der Waals surface area contributed by atoms with E-state index in [4.69, 9.17) is 0 Å². The minimum atomic E-state index is 0.466. The molecule has 1 heteroatoms. The van der Waals surface area contributed by atoms with Gasteiger partial charge in [-0.25, -0.2) is 0 Å². The van der Waals surface area contributed by atoms with Gasteiger partial charge in [0.05, 0.1) is 0 Å². The maximum atomic E-state index is 2.77. The summed E-state index contributed by atoms with van der Waals surface area (Å²) < 4.78 is 0. The molecule has 1 saturated heterocycles. The lowest BCUT2D eigenvalue weighted by atomic mass is 9.74. The predicted molar refractivity (Wildman–Crippen MR) is 63.9 cm³/mol. The van der Waals surface area contributed by atoms with Crippen molar-refractivity contribution in [2.75, 3.05) is 13.1 Å². The number of hydrogen-bond acceptors (Lipinski definition) is 1. The zero-order valence-corrected chi connectivity index (χ0v) is 10.2. The molecule has 2 atom stereocenters. The van der Waals surface area contributed by atoms with E-state index < -0.39 is 0 Å². The van der Waals surface area contributed by atoms with Crippen LogP contribution in [0.25, 0.3) is 0 Å². The van der Waals surface area contributed by atoms with Crippen LogP contribution in [0.2, 0.25) is 0 Å². The highest BCUT2D eigenvalue weighted by Gasteiger charge is 2.45. The Morgan fingerprint density at radius 3 is 2.87 bits per heavy atom. The van der Waals surface area contributed by atoms with Crippen molar-refractivity contribution in [3.8, 4) is 0 Å². The minimum Gasteiger partial charge on any atom is -0.294 e. The van der Waals surface area contributed by atoms with Crippen LogP contribution in [-0.2, 0) is 0 Å². The number of fused-ring (bicyclic) bond motifs is 2. The Morgan fingerprint density at radius 2 is 2.00 bits per heavy atom. The predicted octanol–water partition coefficient (Wildman–Crippen LogP) is 3.36. The van der Waals surface area contributed by atoms with Crippen LogP contribution < -0.4 is 0 Å². The lowest BCUT2D eigenvalue weighted by Gasteiger charge is -2.45. The first-order valence-electron chi connectivity index (χ1n) is 6.66. The smallest absolute Gasteiger partial charge is 0.0398 e. The highest BCUT2D eigenvalue weighted by Crippen LogP contribution is 2.47. The fourth-order valence-electron chi connectivity index (χ4n) is 4.27. The Balaban J connectivity index is 1.99. The third-order valence-corrected chi connectivity index (χ3v) is 4.89. The minimum absolute atomic E-state index is 0.466. The van der Waals surface area contributed by atoms with Gasteiger partial charge in [0.2, 0.25) is 0 Å². The van der Waals surface area contributed by atoms with Gasteiger partial charge in [-0.1, -0.05) is 18.1 Å². The number of nitrogens with zero attached hydrogens (tertiary/aromatic N) is 1. The first-order chi connectivity index (χ1) is 7.20. The highest BCUT2D eigenvalue weighted by molar-refractivity contribution is 5.32. The van der Waals surface area contributed by atoms with Gasteiger partial charge < -0.3 is 0 Å². The van der Waals surface area contributed by atoms with E-state index >= 15 is 0 Å². The Bertz CT molecular complexity index is 304. The SMILES string of the molecule is C[C@H]1CN2CCC3=C(CCCC3)[C@]2(C)C1. The van der Waals surface area contributed by atoms with Crippen LogP contribution in [0.15, 0.2) is 11.1 Å². The molecule has 3 rings (SSSR count). The van der Waals surface area contributed by atoms with Gasteiger partial charge in [0.25, 0.3) is 0 Å². The third-order valence-electron chi connectivity index (χ3n) is 4.89. The van der Waals surface area contributed by atoms with Gasteiger partial charge in [0, 0.05) is 18.6 Å². The average Bonchev–Trinajstić information content (AvgIpc) is 2.53. The molecule has 2 aliphatic heterocycles. The van der Waals surface area contributed by atoms with Crippen LogP contribution in [0, 0.1) is 5.92 Å². The van der Waals surface area contributed by atoms with E-state index in [0.29, 0.717) is 5.54 Å². The van der Waals surface area contributed by atoms with Gasteiger partial charge in [-0.3, -0.25) is 4.90 Å². The molecule has 1 fully saturated rings. The van der Waals surface area contributed by atoms with Crippen molar-refractivity contribution in [3.05, 3.63) is 11.1 Å². The van der Waals surface area contributed by atoms with Crippen molar-refractivity contribution in [2.45, 2.75) is 57.9 Å². The zero-order valence-electron chi connectivity index (χ0n) is 10.2. The largest absolute Gasteiger partial charge is 0.294 e. The lowest BCUT2D eigenvalue weighted by molar-refractivity contribution is 0.166. The molecule has 0 spiro atoms. The summed E-state index contributed by atoms with van der Waals surface area (Å²) in [6, 6.07) is 0. The van der Waals surface area contributed by atoms with Gasteiger partial charge in [-0.05, 0) is 51.4 Å². The second-order valence-corrected chi connectivity index (χ2v) is 6.07. The van der Waals surface area contributed by atoms with Gasteiger partial charge in [0.15, 0.2) is 0 Å². The van der Waals surface area contributed by atoms with E-state index in [-0.39, 0.29) is 0 Å². The second kappa shape index (κ2) is 3.35. The first-order valence-corrected chi connectivity index (χ1v) is 6.66. The van der Waals surface area contributed by atoms with Crippen LogP contribution >= 0.6 is 0 Å². The summed E-state index contributed by atoms with van der Waals surface area (Å²) in [5, 5.41) is 0. The normalized spacial score (nSPS) is 41.6. The molecular weight excluding hydrogens is 182 g/mol. The molecule has 84 valence electrons. The van der Waals surface area contributed by atoms with Gasteiger partial charge in [0.1, 0.15) is 0 Å². The fraction of sp³-hybridized carbons (Fsp3) is 0.857. The zero-order chi connectivity index (χ0) is 10.5. The summed E-state index contributed by atoms with van der Waals surface area (Å²) in [5.74, 6) is 0.906. The number of rotatable bonds is 0. The van der Waals surface area contributed by atoms with E-state index in [1.165, 1.54) is 51.6 Å². The Morgan fingerprint density at radius 1 is 1.20 bits per heavy atom. The summed E-state index contributed by atoms with van der Waals surface area (Å²) in [6.07, 6.45) is 8.48. The van der Waals surface area contributed by atoms with E-state index in [9.17, 15) is 0 Å². The van der Waals surface area contributed by atoms with Crippen LogP contribution in [-0.4, -0.2) is 23.5 Å².